The summed E-state index contributed by atoms with van der Waals surface area (Å²) in [6.45, 7) is 3.02. The summed E-state index contributed by atoms with van der Waals surface area (Å²) in [6.07, 6.45) is 3.77. The minimum atomic E-state index is -0.615. The number of hydrogen-bond donors (Lipinski definition) is 1. The summed E-state index contributed by atoms with van der Waals surface area (Å²) in [4.78, 5) is 40.6. The van der Waals surface area contributed by atoms with Gasteiger partial charge in [-0.05, 0) is 50.3 Å². The molecule has 1 fully saturated rings. The summed E-state index contributed by atoms with van der Waals surface area (Å²) in [5, 5.41) is 3.23. The zero-order chi connectivity index (χ0) is 23.1. The van der Waals surface area contributed by atoms with E-state index in [9.17, 15) is 14.4 Å². The molecule has 3 rings (SSSR count). The van der Waals surface area contributed by atoms with Crippen LogP contribution < -0.4 is 5.32 Å². The predicted octanol–water partition coefficient (Wildman–Crippen LogP) is 4.62. The van der Waals surface area contributed by atoms with Crippen LogP contribution in [0.25, 0.3) is 0 Å². The molecule has 7 heteroatoms. The molecule has 170 valence electrons. The lowest BCUT2D eigenvalue weighted by molar-refractivity contribution is -0.134. The van der Waals surface area contributed by atoms with Crippen molar-refractivity contribution in [2.24, 2.45) is 5.92 Å². The molecule has 0 saturated carbocycles. The number of benzene rings is 2. The van der Waals surface area contributed by atoms with E-state index >= 15 is 0 Å². The highest BCUT2D eigenvalue weighted by Crippen LogP contribution is 2.23. The van der Waals surface area contributed by atoms with Gasteiger partial charge in [0.05, 0.1) is 10.6 Å². The number of ketones is 1. The Morgan fingerprint density at radius 2 is 1.75 bits per heavy atom. The molecule has 1 aliphatic rings. The summed E-state index contributed by atoms with van der Waals surface area (Å²) in [7, 11) is 0. The molecule has 0 aromatic heterocycles. The number of thioether (sulfide) groups is 1. The van der Waals surface area contributed by atoms with Gasteiger partial charge in [0, 0.05) is 24.6 Å². The van der Waals surface area contributed by atoms with Gasteiger partial charge in [-0.2, -0.15) is 11.8 Å². The van der Waals surface area contributed by atoms with Crippen LogP contribution in [0, 0.1) is 12.8 Å². The van der Waals surface area contributed by atoms with E-state index in [0.717, 1.165) is 16.9 Å². The number of nitrogens with zero attached hydrogens (tertiary/aromatic N) is 1. The van der Waals surface area contributed by atoms with Crippen molar-refractivity contribution >= 4 is 41.0 Å². The van der Waals surface area contributed by atoms with Gasteiger partial charge in [0.1, 0.15) is 6.04 Å². The molecule has 32 heavy (non-hydrogen) atoms. The largest absolute Gasteiger partial charge is 0.341 e. The molecule has 0 bridgehead atoms. The SMILES string of the molecule is CSCCC(NC(=O)c1ccccc1Cl)C(=O)N1CCC(C(=O)c2ccc(C)cc2)CC1. The Morgan fingerprint density at radius 3 is 2.38 bits per heavy atom. The number of amides is 2. The molecule has 0 radical (unpaired) electrons. The highest BCUT2D eigenvalue weighted by Gasteiger charge is 2.32. The number of aryl methyl sites for hydroxylation is 1. The molecule has 2 aromatic rings. The molecule has 1 aliphatic heterocycles. The zero-order valence-electron chi connectivity index (χ0n) is 18.5. The monoisotopic (exact) mass is 472 g/mol. The maximum atomic E-state index is 13.2. The first kappa shape index (κ1) is 24.3. The average Bonchev–Trinajstić information content (AvgIpc) is 2.81. The second kappa shape index (κ2) is 11.5. The maximum Gasteiger partial charge on any atom is 0.253 e. The zero-order valence-corrected chi connectivity index (χ0v) is 20.0. The third-order valence-electron chi connectivity index (χ3n) is 5.85. The molecule has 0 spiro atoms. The molecule has 1 N–H and O–H groups in total. The van der Waals surface area contributed by atoms with Crippen LogP contribution in [0.15, 0.2) is 48.5 Å². The summed E-state index contributed by atoms with van der Waals surface area (Å²) < 4.78 is 0. The normalized spacial score (nSPS) is 15.3. The van der Waals surface area contributed by atoms with Crippen LogP contribution in [-0.4, -0.2) is 53.6 Å². The topological polar surface area (TPSA) is 66.5 Å². The fourth-order valence-corrected chi connectivity index (χ4v) is 4.60. The molecule has 1 heterocycles. The summed E-state index contributed by atoms with van der Waals surface area (Å²) in [5.74, 6) is 0.369. The molecule has 1 unspecified atom stereocenters. The van der Waals surface area contributed by atoms with Crippen LogP contribution in [0.2, 0.25) is 5.02 Å². The minimum Gasteiger partial charge on any atom is -0.341 e. The van der Waals surface area contributed by atoms with E-state index in [1.807, 2.05) is 37.4 Å². The highest BCUT2D eigenvalue weighted by molar-refractivity contribution is 7.98. The van der Waals surface area contributed by atoms with Gasteiger partial charge < -0.3 is 10.2 Å². The second-order valence-electron chi connectivity index (χ2n) is 8.12. The van der Waals surface area contributed by atoms with Gasteiger partial charge in [-0.1, -0.05) is 53.6 Å². The van der Waals surface area contributed by atoms with E-state index in [4.69, 9.17) is 11.6 Å². The van der Waals surface area contributed by atoms with E-state index < -0.39 is 6.04 Å². The van der Waals surface area contributed by atoms with E-state index in [2.05, 4.69) is 5.32 Å². The Hall–Kier alpha value is -2.31. The summed E-state index contributed by atoms with van der Waals surface area (Å²) in [5.41, 5.74) is 2.21. The molecule has 2 aromatic carbocycles. The molecule has 1 atom stereocenters. The summed E-state index contributed by atoms with van der Waals surface area (Å²) >= 11 is 7.78. The van der Waals surface area contributed by atoms with Crippen LogP contribution in [0.5, 0.6) is 0 Å². The molecule has 1 saturated heterocycles. The number of carbonyl (C=O) groups excluding carboxylic acids is 3. The molecule has 2 amide bonds. The van der Waals surface area contributed by atoms with Crippen molar-refractivity contribution in [2.75, 3.05) is 25.1 Å². The molecular formula is C25H29ClN2O3S. The van der Waals surface area contributed by atoms with Gasteiger partial charge in [0.2, 0.25) is 5.91 Å². The minimum absolute atomic E-state index is 0.0795. The highest BCUT2D eigenvalue weighted by atomic mass is 35.5. The number of Topliss-reactive ketones (excluding diaryl/α,β-unsaturated/α-hetero) is 1. The number of hydrogen-bond acceptors (Lipinski definition) is 4. The van der Waals surface area contributed by atoms with Gasteiger partial charge in [0.15, 0.2) is 5.78 Å². The third kappa shape index (κ3) is 6.14. The lowest BCUT2D eigenvalue weighted by atomic mass is 9.88. The lowest BCUT2D eigenvalue weighted by Crippen LogP contribution is -2.51. The van der Waals surface area contributed by atoms with E-state index in [-0.39, 0.29) is 23.5 Å². The third-order valence-corrected chi connectivity index (χ3v) is 6.82. The van der Waals surface area contributed by atoms with Crippen molar-refractivity contribution in [1.82, 2.24) is 10.2 Å². The predicted molar refractivity (Wildman–Crippen MR) is 131 cm³/mol. The molecule has 0 aliphatic carbocycles. The van der Waals surface area contributed by atoms with E-state index in [0.29, 0.717) is 42.9 Å². The number of rotatable bonds is 8. The van der Waals surface area contributed by atoms with Gasteiger partial charge in [-0.25, -0.2) is 0 Å². The van der Waals surface area contributed by atoms with Gasteiger partial charge in [0.25, 0.3) is 5.91 Å². The maximum absolute atomic E-state index is 13.2. The van der Waals surface area contributed by atoms with Gasteiger partial charge >= 0.3 is 0 Å². The van der Waals surface area contributed by atoms with Crippen molar-refractivity contribution in [2.45, 2.75) is 32.2 Å². The van der Waals surface area contributed by atoms with Crippen molar-refractivity contribution in [1.29, 1.82) is 0 Å². The van der Waals surface area contributed by atoms with Crippen LogP contribution >= 0.6 is 23.4 Å². The Kier molecular flexibility index (Phi) is 8.76. The van der Waals surface area contributed by atoms with Gasteiger partial charge in [-0.3, -0.25) is 14.4 Å². The quantitative estimate of drug-likeness (QED) is 0.569. The lowest BCUT2D eigenvalue weighted by Gasteiger charge is -2.34. The smallest absolute Gasteiger partial charge is 0.253 e. The van der Waals surface area contributed by atoms with Crippen molar-refractivity contribution in [3.63, 3.8) is 0 Å². The Balaban J connectivity index is 1.62. The van der Waals surface area contributed by atoms with Crippen molar-refractivity contribution in [3.05, 3.63) is 70.2 Å². The van der Waals surface area contributed by atoms with Crippen molar-refractivity contribution in [3.8, 4) is 0 Å². The molecular weight excluding hydrogens is 444 g/mol. The van der Waals surface area contributed by atoms with Crippen molar-refractivity contribution < 1.29 is 14.4 Å². The fourth-order valence-electron chi connectivity index (χ4n) is 3.91. The number of carbonyl (C=O) groups is 3. The molecule has 5 nitrogen and oxygen atoms in total. The Labute approximate surface area is 198 Å². The number of halogens is 1. The number of likely N-dealkylation sites (tertiary alicyclic amines) is 1. The van der Waals surface area contributed by atoms with E-state index in [1.54, 1.807) is 40.9 Å². The number of nitrogens with one attached hydrogen (secondary N) is 1. The first-order chi connectivity index (χ1) is 15.4. The Morgan fingerprint density at radius 1 is 1.09 bits per heavy atom. The second-order valence-corrected chi connectivity index (χ2v) is 9.51. The number of piperidine rings is 1. The first-order valence-corrected chi connectivity index (χ1v) is 12.6. The van der Waals surface area contributed by atoms with Crippen LogP contribution in [0.1, 0.15) is 45.5 Å². The van der Waals surface area contributed by atoms with E-state index in [1.165, 1.54) is 0 Å². The van der Waals surface area contributed by atoms with Crippen LogP contribution in [-0.2, 0) is 4.79 Å². The summed E-state index contributed by atoms with van der Waals surface area (Å²) in [6, 6.07) is 13.8. The first-order valence-electron chi connectivity index (χ1n) is 10.8. The van der Waals surface area contributed by atoms with Gasteiger partial charge in [-0.15, -0.1) is 0 Å². The van der Waals surface area contributed by atoms with Crippen LogP contribution in [0.3, 0.4) is 0 Å². The standard InChI is InChI=1S/C25H29ClN2O3S/c1-17-7-9-18(10-8-17)23(29)19-11-14-28(15-12-19)25(31)22(13-16-32-2)27-24(30)20-5-3-4-6-21(20)26/h3-10,19,22H,11-16H2,1-2H3,(H,27,30). The van der Waals surface area contributed by atoms with Crippen LogP contribution in [0.4, 0.5) is 0 Å². The fraction of sp³-hybridized carbons (Fsp3) is 0.400. The average molecular weight is 473 g/mol. The Bertz CT molecular complexity index is 956.